The van der Waals surface area contributed by atoms with Gasteiger partial charge in [-0.3, -0.25) is 0 Å². The zero-order valence-corrected chi connectivity index (χ0v) is 19.1. The van der Waals surface area contributed by atoms with Crippen LogP contribution in [0.3, 0.4) is 0 Å². The van der Waals surface area contributed by atoms with Crippen LogP contribution in [0.5, 0.6) is 5.88 Å². The molecule has 0 spiro atoms. The van der Waals surface area contributed by atoms with Crippen LogP contribution < -0.4 is 9.92 Å². The van der Waals surface area contributed by atoms with Gasteiger partial charge < -0.3 is 4.74 Å². The summed E-state index contributed by atoms with van der Waals surface area (Å²) < 4.78 is 5.41. The first-order valence-corrected chi connectivity index (χ1v) is 13.6. The maximum Gasteiger partial charge on any atom is 0.213 e. The standard InChI is InChI=1S/C25H30N2OSi/c1-6-20-19-14-22-21(12-13-23(27-22)28-3)25(20,16-26)15-17(2)24(19)29(4,5)18-10-8-7-9-11-18/h6-13,17,19,24H,14-15H2,1-5H3/t17?,19-,24?,25?/m1/s1. The first-order chi connectivity index (χ1) is 13.9. The van der Waals surface area contributed by atoms with E-state index >= 15 is 0 Å². The average molecular weight is 403 g/mol. The molecular formula is C25H30N2OSi. The highest BCUT2D eigenvalue weighted by molar-refractivity contribution is 6.91. The normalized spacial score (nSPS) is 29.8. The third kappa shape index (κ3) is 2.87. The molecule has 1 heterocycles. The predicted molar refractivity (Wildman–Crippen MR) is 120 cm³/mol. The van der Waals surface area contributed by atoms with E-state index in [1.54, 1.807) is 7.11 Å². The third-order valence-electron chi connectivity index (χ3n) is 7.45. The van der Waals surface area contributed by atoms with Gasteiger partial charge in [-0.25, -0.2) is 4.98 Å². The van der Waals surface area contributed by atoms with Crippen molar-refractivity contribution in [1.29, 1.82) is 5.26 Å². The fraction of sp³-hybridized carbons (Fsp3) is 0.440. The number of nitriles is 1. The summed E-state index contributed by atoms with van der Waals surface area (Å²) in [7, 11) is -0.119. The number of fused-ring (bicyclic) bond motifs is 4. The van der Waals surface area contributed by atoms with Gasteiger partial charge in [0.05, 0.1) is 26.9 Å². The second kappa shape index (κ2) is 7.14. The van der Waals surface area contributed by atoms with E-state index in [0.717, 1.165) is 24.1 Å². The van der Waals surface area contributed by atoms with Crippen molar-refractivity contribution in [2.24, 2.45) is 11.8 Å². The van der Waals surface area contributed by atoms with Crippen molar-refractivity contribution < 1.29 is 4.74 Å². The minimum atomic E-state index is -1.78. The predicted octanol–water partition coefficient (Wildman–Crippen LogP) is 5.00. The second-order valence-corrected chi connectivity index (χ2v) is 13.9. The van der Waals surface area contributed by atoms with Crippen molar-refractivity contribution in [3.63, 3.8) is 0 Å². The molecule has 1 fully saturated rings. The van der Waals surface area contributed by atoms with Crippen molar-refractivity contribution in [1.82, 2.24) is 4.98 Å². The van der Waals surface area contributed by atoms with Crippen molar-refractivity contribution in [2.75, 3.05) is 7.11 Å². The van der Waals surface area contributed by atoms with Crippen LogP contribution >= 0.6 is 0 Å². The molecule has 1 aromatic carbocycles. The lowest BCUT2D eigenvalue weighted by molar-refractivity contribution is 0.260. The Morgan fingerprint density at radius 1 is 1.21 bits per heavy atom. The molecule has 0 N–H and O–H groups in total. The molecule has 3 nitrogen and oxygen atoms in total. The van der Waals surface area contributed by atoms with E-state index in [9.17, 15) is 5.26 Å². The van der Waals surface area contributed by atoms with Crippen molar-refractivity contribution in [3.05, 3.63) is 65.4 Å². The van der Waals surface area contributed by atoms with Gasteiger partial charge in [0.25, 0.3) is 0 Å². The molecule has 29 heavy (non-hydrogen) atoms. The number of allylic oxidation sites excluding steroid dienone is 2. The van der Waals surface area contributed by atoms with Crippen molar-refractivity contribution >= 4 is 13.3 Å². The molecule has 0 amide bonds. The zero-order valence-electron chi connectivity index (χ0n) is 18.1. The lowest BCUT2D eigenvalue weighted by atomic mass is 9.55. The molecule has 2 bridgehead atoms. The zero-order chi connectivity index (χ0) is 20.8. The van der Waals surface area contributed by atoms with Crippen LogP contribution in [0, 0.1) is 23.2 Å². The van der Waals surface area contributed by atoms with E-state index < -0.39 is 13.5 Å². The van der Waals surface area contributed by atoms with Crippen molar-refractivity contribution in [3.8, 4) is 11.9 Å². The molecule has 4 rings (SSSR count). The minimum Gasteiger partial charge on any atom is -0.481 e. The Labute approximate surface area is 175 Å². The maximum atomic E-state index is 10.5. The highest BCUT2D eigenvalue weighted by Crippen LogP contribution is 2.60. The van der Waals surface area contributed by atoms with Crippen LogP contribution in [0.2, 0.25) is 18.6 Å². The second-order valence-electron chi connectivity index (χ2n) is 9.21. The smallest absolute Gasteiger partial charge is 0.213 e. The number of nitrogens with zero attached hydrogens (tertiary/aromatic N) is 2. The molecule has 1 saturated carbocycles. The van der Waals surface area contributed by atoms with E-state index in [1.165, 1.54) is 10.8 Å². The quantitative estimate of drug-likeness (QED) is 0.536. The Balaban J connectivity index is 1.90. The van der Waals surface area contributed by atoms with Crippen LogP contribution in [0.1, 0.15) is 31.5 Å². The summed E-state index contributed by atoms with van der Waals surface area (Å²) in [5.74, 6) is 1.49. The molecule has 1 aromatic heterocycles. The summed E-state index contributed by atoms with van der Waals surface area (Å²) in [4.78, 5) is 4.81. The molecule has 0 aliphatic heterocycles. The Morgan fingerprint density at radius 2 is 1.93 bits per heavy atom. The molecular weight excluding hydrogens is 372 g/mol. The van der Waals surface area contributed by atoms with Crippen LogP contribution in [0.15, 0.2) is 54.1 Å². The van der Waals surface area contributed by atoms with Crippen LogP contribution in [-0.4, -0.2) is 20.2 Å². The maximum absolute atomic E-state index is 10.5. The minimum absolute atomic E-state index is 0.359. The number of aromatic nitrogens is 1. The monoisotopic (exact) mass is 402 g/mol. The molecule has 4 heteroatoms. The van der Waals surface area contributed by atoms with Gasteiger partial charge in [-0.2, -0.15) is 5.26 Å². The number of rotatable bonds is 3. The van der Waals surface area contributed by atoms with Gasteiger partial charge in [-0.1, -0.05) is 61.6 Å². The van der Waals surface area contributed by atoms with Gasteiger partial charge in [-0.05, 0) is 54.3 Å². The van der Waals surface area contributed by atoms with E-state index in [2.05, 4.69) is 75.5 Å². The highest BCUT2D eigenvalue weighted by atomic mass is 28.3. The number of methoxy groups -OCH3 is 1. The largest absolute Gasteiger partial charge is 0.481 e. The van der Waals surface area contributed by atoms with E-state index in [-0.39, 0.29) is 0 Å². The molecule has 3 unspecified atom stereocenters. The Morgan fingerprint density at radius 3 is 2.55 bits per heavy atom. The molecule has 0 radical (unpaired) electrons. The summed E-state index contributed by atoms with van der Waals surface area (Å²) in [6, 6.07) is 17.8. The topological polar surface area (TPSA) is 45.9 Å². The average Bonchev–Trinajstić information content (AvgIpc) is 2.73. The molecule has 2 aliphatic carbocycles. The summed E-state index contributed by atoms with van der Waals surface area (Å²) in [5, 5.41) is 12.0. The van der Waals surface area contributed by atoms with Gasteiger partial charge in [0.2, 0.25) is 5.88 Å². The number of benzene rings is 1. The number of hydrogen-bond acceptors (Lipinski definition) is 3. The third-order valence-corrected chi connectivity index (χ3v) is 11.9. The molecule has 2 aliphatic rings. The Hall–Kier alpha value is -2.38. The SMILES string of the molecule is CC=C1[C@H]2Cc3nc(OC)ccc3C1(C#N)CC(C)C2[Si](C)(C)c1ccccc1. The van der Waals surface area contributed by atoms with Crippen LogP contribution in [-0.2, 0) is 11.8 Å². The van der Waals surface area contributed by atoms with E-state index in [0.29, 0.717) is 23.3 Å². The number of hydrogen-bond donors (Lipinski definition) is 0. The van der Waals surface area contributed by atoms with Crippen molar-refractivity contribution in [2.45, 2.75) is 50.7 Å². The van der Waals surface area contributed by atoms with Gasteiger partial charge in [0.15, 0.2) is 0 Å². The molecule has 2 aromatic rings. The fourth-order valence-corrected chi connectivity index (χ4v) is 10.7. The summed E-state index contributed by atoms with van der Waals surface area (Å²) in [6.07, 6.45) is 4.00. The van der Waals surface area contributed by atoms with E-state index in [1.807, 2.05) is 6.07 Å². The highest BCUT2D eigenvalue weighted by Gasteiger charge is 2.57. The Kier molecular flexibility index (Phi) is 4.91. The van der Waals surface area contributed by atoms with Gasteiger partial charge in [0.1, 0.15) is 5.41 Å². The summed E-state index contributed by atoms with van der Waals surface area (Å²) in [6.45, 7) is 9.49. The van der Waals surface area contributed by atoms with Crippen LogP contribution in [0.25, 0.3) is 0 Å². The molecule has 0 saturated heterocycles. The first-order valence-electron chi connectivity index (χ1n) is 10.6. The number of ether oxygens (including phenoxy) is 1. The lowest BCUT2D eigenvalue weighted by Crippen LogP contribution is -2.57. The molecule has 150 valence electrons. The van der Waals surface area contributed by atoms with E-state index in [4.69, 9.17) is 9.72 Å². The Bertz CT molecular complexity index is 992. The first kappa shape index (κ1) is 19.9. The van der Waals surface area contributed by atoms with Gasteiger partial charge in [0, 0.05) is 6.07 Å². The summed E-state index contributed by atoms with van der Waals surface area (Å²) in [5.41, 5.74) is 3.48. The summed E-state index contributed by atoms with van der Waals surface area (Å²) >= 11 is 0. The number of pyridine rings is 1. The molecule has 4 atom stereocenters. The van der Waals surface area contributed by atoms with Gasteiger partial charge >= 0.3 is 0 Å². The van der Waals surface area contributed by atoms with Gasteiger partial charge in [-0.15, -0.1) is 0 Å². The lowest BCUT2D eigenvalue weighted by Gasteiger charge is -2.55. The fourth-order valence-electron chi connectivity index (χ4n) is 6.39. The van der Waals surface area contributed by atoms with Crippen LogP contribution in [0.4, 0.5) is 0 Å².